The first-order chi connectivity index (χ1) is 9.35. The molecule has 0 fully saturated rings. The van der Waals surface area contributed by atoms with E-state index in [0.717, 1.165) is 12.8 Å². The van der Waals surface area contributed by atoms with E-state index in [-0.39, 0.29) is 27.7 Å². The Bertz CT molecular complexity index is 546. The number of nitrogens with two attached hydrogens (primary N) is 1. The van der Waals surface area contributed by atoms with Crippen LogP contribution < -0.4 is 16.0 Å². The zero-order chi connectivity index (χ0) is 15.3. The Morgan fingerprint density at radius 2 is 2.00 bits per heavy atom. The summed E-state index contributed by atoms with van der Waals surface area (Å²) in [5.41, 5.74) is 2.29. The average Bonchev–Trinajstić information content (AvgIpc) is 2.39. The number of halogens is 1. The minimum Gasteiger partial charge on any atom is -0.307 e. The number of hydrogen-bond donors (Lipinski definition) is 3. The van der Waals surface area contributed by atoms with E-state index in [0.29, 0.717) is 0 Å². The fourth-order valence-corrected chi connectivity index (χ4v) is 3.65. The van der Waals surface area contributed by atoms with E-state index in [4.69, 9.17) is 17.4 Å². The first kappa shape index (κ1) is 17.2. The van der Waals surface area contributed by atoms with Crippen LogP contribution >= 0.6 is 11.6 Å². The van der Waals surface area contributed by atoms with E-state index in [1.807, 2.05) is 20.8 Å². The number of nitrogens with one attached hydrogen (secondary N) is 2. The number of rotatable bonds is 7. The standard InChI is InChI=1S/C12H21ClN4O2S/c1-4-9(5-2)8(3)17-20(18,19)10-6-11(13)12(16-14)15-7-10/h6-9,17H,4-5,14H2,1-3H3,(H,15,16). The van der Waals surface area contributed by atoms with Crippen LogP contribution in [0.25, 0.3) is 0 Å². The lowest BCUT2D eigenvalue weighted by Gasteiger charge is -2.22. The Balaban J connectivity index is 2.97. The molecule has 0 saturated carbocycles. The monoisotopic (exact) mass is 320 g/mol. The lowest BCUT2D eigenvalue weighted by molar-refractivity contribution is 0.390. The molecule has 1 atom stereocenters. The summed E-state index contributed by atoms with van der Waals surface area (Å²) in [4.78, 5) is 3.90. The summed E-state index contributed by atoms with van der Waals surface area (Å²) in [5, 5.41) is 0.158. The first-order valence-corrected chi connectivity index (χ1v) is 8.36. The van der Waals surface area contributed by atoms with Crippen molar-refractivity contribution in [3.8, 4) is 0 Å². The van der Waals surface area contributed by atoms with Crippen molar-refractivity contribution in [2.45, 2.75) is 44.6 Å². The molecule has 1 aromatic rings. The molecule has 4 N–H and O–H groups in total. The van der Waals surface area contributed by atoms with Crippen molar-refractivity contribution < 1.29 is 8.42 Å². The summed E-state index contributed by atoms with van der Waals surface area (Å²) < 4.78 is 27.2. The zero-order valence-corrected chi connectivity index (χ0v) is 13.4. The topological polar surface area (TPSA) is 97.1 Å². The van der Waals surface area contributed by atoms with Crippen LogP contribution in [0.1, 0.15) is 33.6 Å². The van der Waals surface area contributed by atoms with Gasteiger partial charge in [-0.05, 0) is 18.9 Å². The number of anilines is 1. The summed E-state index contributed by atoms with van der Waals surface area (Å²) in [6, 6.07) is 1.17. The van der Waals surface area contributed by atoms with Gasteiger partial charge in [-0.15, -0.1) is 0 Å². The van der Waals surface area contributed by atoms with E-state index in [2.05, 4.69) is 15.1 Å². The molecular weight excluding hydrogens is 300 g/mol. The van der Waals surface area contributed by atoms with Crippen molar-refractivity contribution in [1.29, 1.82) is 0 Å². The maximum absolute atomic E-state index is 12.3. The second-order valence-electron chi connectivity index (χ2n) is 4.63. The van der Waals surface area contributed by atoms with Crippen LogP contribution in [0.2, 0.25) is 5.02 Å². The predicted octanol–water partition coefficient (Wildman–Crippen LogP) is 2.12. The van der Waals surface area contributed by atoms with Crippen LogP contribution in [0.4, 0.5) is 5.82 Å². The van der Waals surface area contributed by atoms with Crippen LogP contribution in [-0.4, -0.2) is 19.4 Å². The normalized spacial score (nSPS) is 13.5. The molecule has 8 heteroatoms. The molecule has 1 heterocycles. The lowest BCUT2D eigenvalue weighted by Crippen LogP contribution is -2.37. The number of aromatic nitrogens is 1. The van der Waals surface area contributed by atoms with E-state index in [1.165, 1.54) is 12.3 Å². The van der Waals surface area contributed by atoms with Crippen LogP contribution in [0.3, 0.4) is 0 Å². The third-order valence-corrected chi connectivity index (χ3v) is 5.17. The molecule has 114 valence electrons. The summed E-state index contributed by atoms with van der Waals surface area (Å²) in [6.07, 6.45) is 3.05. The fraction of sp³-hybridized carbons (Fsp3) is 0.583. The van der Waals surface area contributed by atoms with Gasteiger partial charge in [0.25, 0.3) is 0 Å². The smallest absolute Gasteiger partial charge is 0.242 e. The van der Waals surface area contributed by atoms with Crippen LogP contribution in [0, 0.1) is 5.92 Å². The Kier molecular flexibility index (Phi) is 6.19. The van der Waals surface area contributed by atoms with Gasteiger partial charge in [-0.25, -0.2) is 24.0 Å². The molecule has 0 spiro atoms. The predicted molar refractivity (Wildman–Crippen MR) is 80.9 cm³/mol. The second kappa shape index (κ2) is 7.21. The van der Waals surface area contributed by atoms with Crippen LogP contribution in [0.15, 0.2) is 17.2 Å². The van der Waals surface area contributed by atoms with Crippen LogP contribution in [-0.2, 0) is 10.0 Å². The summed E-state index contributed by atoms with van der Waals surface area (Å²) in [5.74, 6) is 5.73. The largest absolute Gasteiger partial charge is 0.307 e. The molecule has 0 aliphatic carbocycles. The molecule has 0 saturated heterocycles. The quantitative estimate of drug-likeness (QED) is 0.528. The van der Waals surface area contributed by atoms with Crippen molar-refractivity contribution in [1.82, 2.24) is 9.71 Å². The molecule has 0 radical (unpaired) electrons. The molecule has 1 rings (SSSR count). The molecule has 0 bridgehead atoms. The highest BCUT2D eigenvalue weighted by Gasteiger charge is 2.22. The number of sulfonamides is 1. The number of hydrogen-bond acceptors (Lipinski definition) is 5. The summed E-state index contributed by atoms with van der Waals surface area (Å²) in [7, 11) is -3.64. The highest BCUT2D eigenvalue weighted by atomic mass is 35.5. The van der Waals surface area contributed by atoms with Crippen LogP contribution in [0.5, 0.6) is 0 Å². The molecular formula is C12H21ClN4O2S. The molecule has 0 aromatic carbocycles. The van der Waals surface area contributed by atoms with Gasteiger partial charge in [-0.3, -0.25) is 0 Å². The molecule has 0 aliphatic heterocycles. The van der Waals surface area contributed by atoms with Gasteiger partial charge in [0.1, 0.15) is 4.90 Å². The fourth-order valence-electron chi connectivity index (χ4n) is 2.08. The van der Waals surface area contributed by atoms with Gasteiger partial charge in [0, 0.05) is 12.2 Å². The van der Waals surface area contributed by atoms with Crippen molar-refractivity contribution in [3.05, 3.63) is 17.3 Å². The first-order valence-electron chi connectivity index (χ1n) is 6.50. The van der Waals surface area contributed by atoms with Gasteiger partial charge in [-0.2, -0.15) is 0 Å². The number of nitrogen functional groups attached to an aromatic ring is 1. The van der Waals surface area contributed by atoms with Crippen molar-refractivity contribution in [3.63, 3.8) is 0 Å². The molecule has 1 unspecified atom stereocenters. The maximum Gasteiger partial charge on any atom is 0.242 e. The van der Waals surface area contributed by atoms with Gasteiger partial charge in [0.15, 0.2) is 5.82 Å². The molecule has 6 nitrogen and oxygen atoms in total. The average molecular weight is 321 g/mol. The van der Waals surface area contributed by atoms with Gasteiger partial charge < -0.3 is 5.43 Å². The van der Waals surface area contributed by atoms with Gasteiger partial charge in [0.2, 0.25) is 10.0 Å². The van der Waals surface area contributed by atoms with Crippen molar-refractivity contribution in [2.24, 2.45) is 11.8 Å². The third-order valence-electron chi connectivity index (χ3n) is 3.36. The second-order valence-corrected chi connectivity index (χ2v) is 6.75. The number of hydrazine groups is 1. The number of nitrogens with zero attached hydrogens (tertiary/aromatic N) is 1. The molecule has 0 aliphatic rings. The minimum absolute atomic E-state index is 0.0271. The molecule has 1 aromatic heterocycles. The lowest BCUT2D eigenvalue weighted by atomic mass is 9.96. The minimum atomic E-state index is -3.64. The highest BCUT2D eigenvalue weighted by Crippen LogP contribution is 2.22. The third kappa shape index (κ3) is 4.05. The van der Waals surface area contributed by atoms with Crippen molar-refractivity contribution in [2.75, 3.05) is 5.43 Å². The van der Waals surface area contributed by atoms with Crippen molar-refractivity contribution >= 4 is 27.4 Å². The van der Waals surface area contributed by atoms with E-state index in [1.54, 1.807) is 0 Å². The Labute approximate surface area is 125 Å². The van der Waals surface area contributed by atoms with Gasteiger partial charge >= 0.3 is 0 Å². The number of pyridine rings is 1. The molecule has 0 amide bonds. The highest BCUT2D eigenvalue weighted by molar-refractivity contribution is 7.89. The Hall–Kier alpha value is -0.890. The molecule has 20 heavy (non-hydrogen) atoms. The van der Waals surface area contributed by atoms with E-state index in [9.17, 15) is 8.42 Å². The van der Waals surface area contributed by atoms with E-state index < -0.39 is 10.0 Å². The SMILES string of the molecule is CCC(CC)C(C)NS(=O)(=O)c1cnc(NN)c(Cl)c1. The van der Waals surface area contributed by atoms with E-state index >= 15 is 0 Å². The Morgan fingerprint density at radius 3 is 2.45 bits per heavy atom. The summed E-state index contributed by atoms with van der Waals surface area (Å²) in [6.45, 7) is 5.94. The van der Waals surface area contributed by atoms with Gasteiger partial charge in [0.05, 0.1) is 5.02 Å². The Morgan fingerprint density at radius 1 is 1.40 bits per heavy atom. The van der Waals surface area contributed by atoms with Gasteiger partial charge in [-0.1, -0.05) is 38.3 Å². The maximum atomic E-state index is 12.3. The summed E-state index contributed by atoms with van der Waals surface area (Å²) >= 11 is 5.89. The zero-order valence-electron chi connectivity index (χ0n) is 11.9.